The third-order valence-electron chi connectivity index (χ3n) is 5.06. The van der Waals surface area contributed by atoms with Crippen LogP contribution in [0.2, 0.25) is 0 Å². The first-order valence-corrected chi connectivity index (χ1v) is 12.6. The van der Waals surface area contributed by atoms with E-state index in [9.17, 15) is 18.0 Å². The molecule has 0 bridgehead atoms. The average Bonchev–Trinajstić information content (AvgIpc) is 2.80. The van der Waals surface area contributed by atoms with Gasteiger partial charge < -0.3 is 15.4 Å². The van der Waals surface area contributed by atoms with Crippen LogP contribution in [0, 0.1) is 6.92 Å². The fourth-order valence-electron chi connectivity index (χ4n) is 3.30. The van der Waals surface area contributed by atoms with Gasteiger partial charge in [-0.3, -0.25) is 9.59 Å². The average molecular weight is 546 g/mol. The molecule has 3 aromatic carbocycles. The van der Waals surface area contributed by atoms with E-state index in [4.69, 9.17) is 9.88 Å². The Labute approximate surface area is 206 Å². The molecule has 0 aliphatic carbocycles. The third-order valence-corrected chi connectivity index (χ3v) is 6.65. The van der Waals surface area contributed by atoms with E-state index in [1.54, 1.807) is 55.6 Å². The van der Waals surface area contributed by atoms with Crippen LogP contribution in [-0.2, 0) is 14.8 Å². The number of carbonyl (C=O) groups excluding carboxylic acids is 2. The smallest absolute Gasteiger partial charge is 0.251 e. The zero-order valence-electron chi connectivity index (χ0n) is 18.6. The van der Waals surface area contributed by atoms with Crippen molar-refractivity contribution in [2.24, 2.45) is 5.14 Å². The van der Waals surface area contributed by atoms with Crippen molar-refractivity contribution in [2.45, 2.75) is 18.2 Å². The summed E-state index contributed by atoms with van der Waals surface area (Å²) >= 11 is 3.39. The van der Waals surface area contributed by atoms with Gasteiger partial charge in [0.05, 0.1) is 16.5 Å². The Morgan fingerprint density at radius 1 is 1.06 bits per heavy atom. The van der Waals surface area contributed by atoms with Crippen LogP contribution in [0.5, 0.6) is 5.75 Å². The van der Waals surface area contributed by atoms with Crippen molar-refractivity contribution >= 4 is 43.5 Å². The molecule has 34 heavy (non-hydrogen) atoms. The van der Waals surface area contributed by atoms with Crippen molar-refractivity contribution < 1.29 is 22.7 Å². The van der Waals surface area contributed by atoms with E-state index in [0.29, 0.717) is 28.1 Å². The molecule has 3 aromatic rings. The van der Waals surface area contributed by atoms with Gasteiger partial charge in [-0.2, -0.15) is 0 Å². The Balaban J connectivity index is 1.58. The molecule has 0 saturated carbocycles. The van der Waals surface area contributed by atoms with E-state index in [1.165, 1.54) is 6.07 Å². The number of amides is 2. The molecule has 8 nitrogen and oxygen atoms in total. The van der Waals surface area contributed by atoms with Crippen LogP contribution < -0.4 is 20.5 Å². The quantitative estimate of drug-likeness (QED) is 0.396. The monoisotopic (exact) mass is 545 g/mol. The Kier molecular flexibility index (Phi) is 8.08. The number of hydrogen-bond donors (Lipinski definition) is 3. The van der Waals surface area contributed by atoms with Crippen LogP contribution in [0.25, 0.3) is 11.1 Å². The van der Waals surface area contributed by atoms with Crippen LogP contribution in [0.4, 0.5) is 5.69 Å². The molecule has 0 aliphatic rings. The molecule has 0 aromatic heterocycles. The highest BCUT2D eigenvalue weighted by Gasteiger charge is 2.15. The zero-order valence-corrected chi connectivity index (χ0v) is 21.0. The summed E-state index contributed by atoms with van der Waals surface area (Å²) in [6.45, 7) is 2.01. The standard InChI is InChI=1S/C24H24BrN3O5S/c1-15-13-21(33-2)19(25)14-20(15)28-23(29)11-12-27-24(30)17-9-7-16(8-10-17)18-5-3-4-6-22(18)34(26,31)32/h3-10,13-14H,11-12H2,1-2H3,(H,27,30)(H,28,29)(H2,26,31,32). The lowest BCUT2D eigenvalue weighted by Gasteiger charge is -2.12. The number of hydrogen-bond acceptors (Lipinski definition) is 5. The minimum atomic E-state index is -3.89. The van der Waals surface area contributed by atoms with E-state index in [0.717, 1.165) is 10.0 Å². The highest BCUT2D eigenvalue weighted by Crippen LogP contribution is 2.31. The molecule has 0 unspecified atom stereocenters. The number of aryl methyl sites for hydroxylation is 1. The van der Waals surface area contributed by atoms with Crippen LogP contribution in [0.3, 0.4) is 0 Å². The largest absolute Gasteiger partial charge is 0.496 e. The zero-order chi connectivity index (χ0) is 24.9. The first-order chi connectivity index (χ1) is 16.1. The number of nitrogens with one attached hydrogen (secondary N) is 2. The van der Waals surface area contributed by atoms with E-state index in [2.05, 4.69) is 26.6 Å². The van der Waals surface area contributed by atoms with Gasteiger partial charge in [-0.1, -0.05) is 30.3 Å². The molecular formula is C24H24BrN3O5S. The molecule has 3 rings (SSSR count). The fraction of sp³-hybridized carbons (Fsp3) is 0.167. The lowest BCUT2D eigenvalue weighted by atomic mass is 10.0. The first-order valence-electron chi connectivity index (χ1n) is 10.2. The van der Waals surface area contributed by atoms with Crippen molar-refractivity contribution in [3.05, 3.63) is 76.3 Å². The number of ether oxygens (including phenoxy) is 1. The number of rotatable bonds is 8. The molecule has 10 heteroatoms. The van der Waals surface area contributed by atoms with Gasteiger partial charge in [0.1, 0.15) is 5.75 Å². The Morgan fingerprint density at radius 3 is 2.38 bits per heavy atom. The number of anilines is 1. The highest BCUT2D eigenvalue weighted by atomic mass is 79.9. The number of methoxy groups -OCH3 is 1. The van der Waals surface area contributed by atoms with E-state index in [1.807, 2.05) is 13.0 Å². The maximum atomic E-state index is 12.4. The second kappa shape index (κ2) is 10.8. The van der Waals surface area contributed by atoms with Gasteiger partial charge in [-0.25, -0.2) is 13.6 Å². The SMILES string of the molecule is COc1cc(C)c(NC(=O)CCNC(=O)c2ccc(-c3ccccc3S(N)(=O)=O)cc2)cc1Br. The predicted molar refractivity (Wildman–Crippen MR) is 134 cm³/mol. The molecule has 2 amide bonds. The number of benzene rings is 3. The number of sulfonamides is 1. The second-order valence-corrected chi connectivity index (χ2v) is 9.86. The summed E-state index contributed by atoms with van der Waals surface area (Å²) in [5.74, 6) is 0.0831. The molecular weight excluding hydrogens is 522 g/mol. The van der Waals surface area contributed by atoms with E-state index in [-0.39, 0.29) is 29.7 Å². The van der Waals surface area contributed by atoms with E-state index < -0.39 is 10.0 Å². The van der Waals surface area contributed by atoms with Crippen LogP contribution in [0.15, 0.2) is 70.0 Å². The summed E-state index contributed by atoms with van der Waals surface area (Å²) in [4.78, 5) is 24.8. The number of primary sulfonamides is 1. The third kappa shape index (κ3) is 6.22. The normalized spacial score (nSPS) is 11.1. The summed E-state index contributed by atoms with van der Waals surface area (Å²) in [6.07, 6.45) is 0.0919. The van der Waals surface area contributed by atoms with Gasteiger partial charge in [0, 0.05) is 29.8 Å². The maximum absolute atomic E-state index is 12.4. The predicted octanol–water partition coefficient (Wildman–Crippen LogP) is 3.84. The van der Waals surface area contributed by atoms with Crippen LogP contribution in [0.1, 0.15) is 22.3 Å². The van der Waals surface area contributed by atoms with Gasteiger partial charge in [0.25, 0.3) is 5.91 Å². The van der Waals surface area contributed by atoms with Crippen molar-refractivity contribution in [1.82, 2.24) is 5.32 Å². The fourth-order valence-corrected chi connectivity index (χ4v) is 4.57. The molecule has 0 spiro atoms. The molecule has 0 radical (unpaired) electrons. The Hall–Kier alpha value is -3.21. The van der Waals surface area contributed by atoms with Crippen molar-refractivity contribution in [2.75, 3.05) is 19.0 Å². The summed E-state index contributed by atoms with van der Waals surface area (Å²) in [7, 11) is -2.32. The minimum Gasteiger partial charge on any atom is -0.496 e. The molecule has 0 heterocycles. The van der Waals surface area contributed by atoms with Crippen LogP contribution >= 0.6 is 15.9 Å². The summed E-state index contributed by atoms with van der Waals surface area (Å²) < 4.78 is 29.6. The lowest BCUT2D eigenvalue weighted by Crippen LogP contribution is -2.27. The van der Waals surface area contributed by atoms with Gasteiger partial charge >= 0.3 is 0 Å². The van der Waals surface area contributed by atoms with E-state index >= 15 is 0 Å². The van der Waals surface area contributed by atoms with Crippen molar-refractivity contribution in [1.29, 1.82) is 0 Å². The molecule has 178 valence electrons. The Morgan fingerprint density at radius 2 is 1.74 bits per heavy atom. The minimum absolute atomic E-state index is 0.0114. The number of nitrogens with two attached hydrogens (primary N) is 1. The lowest BCUT2D eigenvalue weighted by molar-refractivity contribution is -0.116. The molecule has 0 atom stereocenters. The summed E-state index contributed by atoms with van der Waals surface area (Å²) in [5.41, 5.74) is 2.95. The molecule has 0 fully saturated rings. The first kappa shape index (κ1) is 25.4. The maximum Gasteiger partial charge on any atom is 0.251 e. The van der Waals surface area contributed by atoms with Crippen molar-refractivity contribution in [3.63, 3.8) is 0 Å². The number of halogens is 1. The summed E-state index contributed by atoms with van der Waals surface area (Å²) in [5, 5.41) is 10.8. The van der Waals surface area contributed by atoms with Crippen LogP contribution in [-0.4, -0.2) is 33.9 Å². The number of carbonyl (C=O) groups is 2. The van der Waals surface area contributed by atoms with Gasteiger partial charge in [0.2, 0.25) is 15.9 Å². The second-order valence-electron chi connectivity index (χ2n) is 7.47. The molecule has 4 N–H and O–H groups in total. The molecule has 0 aliphatic heterocycles. The highest BCUT2D eigenvalue weighted by molar-refractivity contribution is 9.10. The Bertz CT molecular complexity index is 1320. The molecule has 0 saturated heterocycles. The van der Waals surface area contributed by atoms with Gasteiger partial charge in [0.15, 0.2) is 0 Å². The van der Waals surface area contributed by atoms with Gasteiger partial charge in [-0.05, 0) is 64.3 Å². The van der Waals surface area contributed by atoms with Crippen molar-refractivity contribution in [3.8, 4) is 16.9 Å². The summed E-state index contributed by atoms with van der Waals surface area (Å²) in [6, 6.07) is 16.4. The van der Waals surface area contributed by atoms with Gasteiger partial charge in [-0.15, -0.1) is 0 Å². The topological polar surface area (TPSA) is 128 Å².